The Hall–Kier alpha value is -2.06. The molecule has 1 aromatic carbocycles. The van der Waals surface area contributed by atoms with Crippen molar-refractivity contribution in [2.24, 2.45) is 0 Å². The molecule has 25 heavy (non-hydrogen) atoms. The molecule has 1 amide bonds. The van der Waals surface area contributed by atoms with Crippen LogP contribution in [0.4, 0.5) is 0 Å². The van der Waals surface area contributed by atoms with Crippen LogP contribution >= 0.6 is 0 Å². The van der Waals surface area contributed by atoms with Gasteiger partial charge in [-0.15, -0.1) is 0 Å². The Kier molecular flexibility index (Phi) is 4.28. The first kappa shape index (κ1) is 17.8. The molecule has 1 aromatic rings. The molecule has 0 N–H and O–H groups in total. The van der Waals surface area contributed by atoms with Crippen LogP contribution in [0.15, 0.2) is 18.2 Å². The van der Waals surface area contributed by atoms with E-state index >= 15 is 0 Å². The van der Waals surface area contributed by atoms with Gasteiger partial charge in [-0.05, 0) is 59.2 Å². The molecule has 2 heterocycles. The fraction of sp³-hybridized carbons (Fsp3) is 0.600. The number of carbonyl (C=O) groups is 1. The van der Waals surface area contributed by atoms with E-state index in [1.165, 1.54) is 0 Å². The molecule has 0 aromatic heterocycles. The minimum Gasteiger partial charge on any atom is -0.485 e. The zero-order valence-corrected chi connectivity index (χ0v) is 15.6. The maximum absolute atomic E-state index is 12.5. The zero-order valence-electron chi connectivity index (χ0n) is 15.6. The molecule has 5 nitrogen and oxygen atoms in total. The Morgan fingerprint density at radius 2 is 2.08 bits per heavy atom. The number of amides is 1. The van der Waals surface area contributed by atoms with Crippen molar-refractivity contribution in [3.05, 3.63) is 29.3 Å². The number of carbonyl (C=O) groups excluding carboxylic acids is 1. The molecular weight excluding hydrogens is 316 g/mol. The second-order valence-corrected chi connectivity index (χ2v) is 8.36. The normalized spacial score (nSPS) is 25.3. The quantitative estimate of drug-likeness (QED) is 0.824. The lowest BCUT2D eigenvalue weighted by Gasteiger charge is -2.49. The lowest BCUT2D eigenvalue weighted by atomic mass is 9.84. The predicted molar refractivity (Wildman–Crippen MR) is 94.2 cm³/mol. The van der Waals surface area contributed by atoms with E-state index in [9.17, 15) is 10.1 Å². The molecule has 1 saturated heterocycles. The van der Waals surface area contributed by atoms with Crippen LogP contribution in [0.1, 0.15) is 64.6 Å². The molecule has 0 saturated carbocycles. The lowest BCUT2D eigenvalue weighted by Crippen LogP contribution is -2.57. The fourth-order valence-electron chi connectivity index (χ4n) is 3.71. The average Bonchev–Trinajstić information content (AvgIpc) is 2.92. The number of rotatable bonds is 2. The van der Waals surface area contributed by atoms with Gasteiger partial charge in [-0.1, -0.05) is 0 Å². The van der Waals surface area contributed by atoms with Crippen molar-refractivity contribution in [1.29, 1.82) is 5.26 Å². The van der Waals surface area contributed by atoms with Crippen LogP contribution in [-0.4, -0.2) is 34.7 Å². The van der Waals surface area contributed by atoms with E-state index in [1.807, 2.05) is 51.7 Å². The maximum atomic E-state index is 12.5. The number of benzene rings is 1. The second kappa shape index (κ2) is 6.03. The third-order valence-corrected chi connectivity index (χ3v) is 4.73. The zero-order chi connectivity index (χ0) is 18.4. The van der Waals surface area contributed by atoms with Gasteiger partial charge in [0.05, 0.1) is 23.3 Å². The van der Waals surface area contributed by atoms with E-state index in [2.05, 4.69) is 6.07 Å². The Morgan fingerprint density at radius 3 is 2.64 bits per heavy atom. The van der Waals surface area contributed by atoms with Crippen molar-refractivity contribution in [2.75, 3.05) is 6.54 Å². The van der Waals surface area contributed by atoms with E-state index in [0.717, 1.165) is 17.7 Å². The van der Waals surface area contributed by atoms with E-state index in [1.54, 1.807) is 6.07 Å². The molecule has 5 heteroatoms. The molecule has 134 valence electrons. The SMILES string of the molecule is CC(C)(C)OC1C(N2CCCC2=O)c2cc(C#N)ccc2OC1(C)C. The Labute approximate surface area is 149 Å². The van der Waals surface area contributed by atoms with Gasteiger partial charge in [0.25, 0.3) is 0 Å². The number of hydrogen-bond donors (Lipinski definition) is 0. The van der Waals surface area contributed by atoms with Crippen molar-refractivity contribution in [3.8, 4) is 11.8 Å². The third-order valence-electron chi connectivity index (χ3n) is 4.73. The summed E-state index contributed by atoms with van der Waals surface area (Å²) in [5.74, 6) is 0.862. The molecular formula is C20H26N2O3. The highest BCUT2D eigenvalue weighted by Crippen LogP contribution is 2.46. The minimum absolute atomic E-state index is 0.138. The summed E-state index contributed by atoms with van der Waals surface area (Å²) < 4.78 is 12.6. The van der Waals surface area contributed by atoms with E-state index < -0.39 is 5.60 Å². The summed E-state index contributed by atoms with van der Waals surface area (Å²) in [7, 11) is 0. The molecule has 0 bridgehead atoms. The molecule has 1 fully saturated rings. The summed E-state index contributed by atoms with van der Waals surface area (Å²) in [6, 6.07) is 7.35. The Balaban J connectivity index is 2.14. The van der Waals surface area contributed by atoms with E-state index in [0.29, 0.717) is 18.5 Å². The number of fused-ring (bicyclic) bond motifs is 1. The molecule has 2 atom stereocenters. The average molecular weight is 342 g/mol. The standard InChI is InChI=1S/C20H26N2O3/c1-19(2,3)25-18-17(22-10-6-7-16(22)23)14-11-13(12-21)8-9-15(14)24-20(18,4)5/h8-9,11,17-18H,6-7,10H2,1-5H3. The first-order valence-electron chi connectivity index (χ1n) is 8.83. The number of likely N-dealkylation sites (tertiary alicyclic amines) is 1. The summed E-state index contributed by atoms with van der Waals surface area (Å²) in [6.07, 6.45) is 1.09. The summed E-state index contributed by atoms with van der Waals surface area (Å²) in [6.45, 7) is 10.7. The van der Waals surface area contributed by atoms with Gasteiger partial charge in [-0.2, -0.15) is 5.26 Å². The van der Waals surface area contributed by atoms with Crippen molar-refractivity contribution in [1.82, 2.24) is 4.90 Å². The van der Waals surface area contributed by atoms with Gasteiger partial charge >= 0.3 is 0 Å². The van der Waals surface area contributed by atoms with Gasteiger partial charge < -0.3 is 14.4 Å². The molecule has 2 unspecified atom stereocenters. The van der Waals surface area contributed by atoms with Crippen molar-refractivity contribution in [2.45, 2.75) is 70.8 Å². The highest BCUT2D eigenvalue weighted by Gasteiger charge is 2.50. The van der Waals surface area contributed by atoms with Gasteiger partial charge in [0.15, 0.2) is 0 Å². The van der Waals surface area contributed by atoms with Gasteiger partial charge in [0.1, 0.15) is 17.5 Å². The summed E-state index contributed by atoms with van der Waals surface area (Å²) in [5, 5.41) is 9.30. The van der Waals surface area contributed by atoms with E-state index in [4.69, 9.17) is 9.47 Å². The molecule has 2 aliphatic heterocycles. The van der Waals surface area contributed by atoms with Crippen LogP contribution < -0.4 is 4.74 Å². The van der Waals surface area contributed by atoms with Gasteiger partial charge in [-0.3, -0.25) is 4.79 Å². The van der Waals surface area contributed by atoms with Crippen molar-refractivity contribution < 1.29 is 14.3 Å². The fourth-order valence-corrected chi connectivity index (χ4v) is 3.71. The highest BCUT2D eigenvalue weighted by atomic mass is 16.6. The summed E-state index contributed by atoms with van der Waals surface area (Å²) >= 11 is 0. The number of nitrogens with zero attached hydrogens (tertiary/aromatic N) is 2. The summed E-state index contributed by atoms with van der Waals surface area (Å²) in [5.41, 5.74) is 0.453. The topological polar surface area (TPSA) is 62.6 Å². The Morgan fingerprint density at radius 1 is 1.36 bits per heavy atom. The molecule has 0 spiro atoms. The van der Waals surface area contributed by atoms with Crippen LogP contribution in [0.2, 0.25) is 0 Å². The molecule has 2 aliphatic rings. The molecule has 0 radical (unpaired) electrons. The number of hydrogen-bond acceptors (Lipinski definition) is 4. The van der Waals surface area contributed by atoms with Crippen LogP contribution in [0, 0.1) is 11.3 Å². The van der Waals surface area contributed by atoms with Crippen molar-refractivity contribution >= 4 is 5.91 Å². The van der Waals surface area contributed by atoms with Crippen LogP contribution in [0.3, 0.4) is 0 Å². The maximum Gasteiger partial charge on any atom is 0.223 e. The van der Waals surface area contributed by atoms with Crippen LogP contribution in [-0.2, 0) is 9.53 Å². The van der Waals surface area contributed by atoms with Gasteiger partial charge in [0.2, 0.25) is 5.91 Å². The number of ether oxygens (including phenoxy) is 2. The highest BCUT2D eigenvalue weighted by molar-refractivity contribution is 5.79. The third kappa shape index (κ3) is 3.36. The van der Waals surface area contributed by atoms with E-state index in [-0.39, 0.29) is 23.7 Å². The minimum atomic E-state index is -0.595. The van der Waals surface area contributed by atoms with Gasteiger partial charge in [-0.25, -0.2) is 0 Å². The smallest absolute Gasteiger partial charge is 0.223 e. The van der Waals surface area contributed by atoms with Gasteiger partial charge in [0, 0.05) is 18.5 Å². The first-order valence-corrected chi connectivity index (χ1v) is 8.83. The molecule has 3 rings (SSSR count). The molecule has 0 aliphatic carbocycles. The monoisotopic (exact) mass is 342 g/mol. The van der Waals surface area contributed by atoms with Crippen LogP contribution in [0.25, 0.3) is 0 Å². The Bertz CT molecular complexity index is 727. The largest absolute Gasteiger partial charge is 0.485 e. The summed E-state index contributed by atoms with van der Waals surface area (Å²) in [4.78, 5) is 14.4. The number of nitriles is 1. The first-order chi connectivity index (χ1) is 11.6. The van der Waals surface area contributed by atoms with Crippen LogP contribution in [0.5, 0.6) is 5.75 Å². The second-order valence-electron chi connectivity index (χ2n) is 8.36. The predicted octanol–water partition coefficient (Wildman–Crippen LogP) is 3.58. The van der Waals surface area contributed by atoms with Crippen molar-refractivity contribution in [3.63, 3.8) is 0 Å². The lowest BCUT2D eigenvalue weighted by molar-refractivity contribution is -0.178.